The molecular formula is C15H20N4O3. The average molecular weight is 304 g/mol. The smallest absolute Gasteiger partial charge is 0.358 e. The lowest BCUT2D eigenvalue weighted by Gasteiger charge is -2.12. The van der Waals surface area contributed by atoms with Crippen LogP contribution < -0.4 is 10.5 Å². The first-order valence-corrected chi connectivity index (χ1v) is 7.13. The molecule has 0 fully saturated rings. The number of aromatic carboxylic acids is 1. The van der Waals surface area contributed by atoms with E-state index in [0.29, 0.717) is 41.8 Å². The zero-order valence-electron chi connectivity index (χ0n) is 12.9. The molecule has 0 spiro atoms. The van der Waals surface area contributed by atoms with E-state index in [1.807, 2.05) is 20.8 Å². The van der Waals surface area contributed by atoms with Crippen LogP contribution in [-0.4, -0.2) is 32.7 Å². The number of benzene rings is 1. The number of nitrogens with zero attached hydrogens (tertiary/aromatic N) is 3. The Balaban J connectivity index is 2.52. The van der Waals surface area contributed by atoms with Crippen LogP contribution in [-0.2, 0) is 6.54 Å². The van der Waals surface area contributed by atoms with E-state index in [0.717, 1.165) is 0 Å². The summed E-state index contributed by atoms with van der Waals surface area (Å²) in [5, 5.41) is 17.0. The Labute approximate surface area is 128 Å². The summed E-state index contributed by atoms with van der Waals surface area (Å²) < 4.78 is 7.00. The van der Waals surface area contributed by atoms with Crippen molar-refractivity contribution in [2.75, 3.05) is 12.3 Å². The molecule has 3 N–H and O–H groups in total. The second-order valence-electron chi connectivity index (χ2n) is 5.35. The largest absolute Gasteiger partial charge is 0.492 e. The van der Waals surface area contributed by atoms with Crippen molar-refractivity contribution in [3.63, 3.8) is 0 Å². The maximum absolute atomic E-state index is 11.4. The van der Waals surface area contributed by atoms with E-state index in [1.165, 1.54) is 0 Å². The van der Waals surface area contributed by atoms with Crippen LogP contribution in [0.3, 0.4) is 0 Å². The van der Waals surface area contributed by atoms with Crippen molar-refractivity contribution in [3.05, 3.63) is 23.9 Å². The van der Waals surface area contributed by atoms with Crippen LogP contribution in [0, 0.1) is 5.92 Å². The number of hydrogen-bond acceptors (Lipinski definition) is 5. The lowest BCUT2D eigenvalue weighted by molar-refractivity contribution is 0.0691. The fourth-order valence-corrected chi connectivity index (χ4v) is 2.20. The molecule has 0 radical (unpaired) electrons. The van der Waals surface area contributed by atoms with Gasteiger partial charge in [-0.25, -0.2) is 9.48 Å². The topological polar surface area (TPSA) is 103 Å². The highest BCUT2D eigenvalue weighted by atomic mass is 16.5. The first-order valence-electron chi connectivity index (χ1n) is 7.13. The van der Waals surface area contributed by atoms with Gasteiger partial charge in [-0.3, -0.25) is 0 Å². The number of hydrogen-bond donors (Lipinski definition) is 2. The number of rotatable bonds is 6. The van der Waals surface area contributed by atoms with Gasteiger partial charge in [0.05, 0.1) is 12.3 Å². The maximum Gasteiger partial charge on any atom is 0.358 e. The SMILES string of the molecule is CCOc1ccc(-c2c(C(=O)O)nnn2CC(C)C)cc1N. The van der Waals surface area contributed by atoms with Gasteiger partial charge in [0.2, 0.25) is 0 Å². The van der Waals surface area contributed by atoms with E-state index in [1.54, 1.807) is 22.9 Å². The number of ether oxygens (including phenoxy) is 1. The molecular weight excluding hydrogens is 284 g/mol. The Morgan fingerprint density at radius 3 is 2.73 bits per heavy atom. The van der Waals surface area contributed by atoms with Crippen molar-refractivity contribution >= 4 is 11.7 Å². The third kappa shape index (κ3) is 3.19. The summed E-state index contributed by atoms with van der Waals surface area (Å²) in [5.74, 6) is -0.231. The van der Waals surface area contributed by atoms with Gasteiger partial charge >= 0.3 is 5.97 Å². The molecule has 7 nitrogen and oxygen atoms in total. The van der Waals surface area contributed by atoms with Gasteiger partial charge in [0.15, 0.2) is 5.69 Å². The normalized spacial score (nSPS) is 10.9. The number of carboxylic acids is 1. The van der Waals surface area contributed by atoms with Gasteiger partial charge in [-0.15, -0.1) is 5.10 Å². The van der Waals surface area contributed by atoms with Gasteiger partial charge in [-0.1, -0.05) is 19.1 Å². The monoisotopic (exact) mass is 304 g/mol. The zero-order chi connectivity index (χ0) is 16.3. The molecule has 0 aliphatic heterocycles. The van der Waals surface area contributed by atoms with Crippen molar-refractivity contribution in [2.45, 2.75) is 27.3 Å². The Kier molecular flexibility index (Phi) is 4.65. The van der Waals surface area contributed by atoms with Crippen LogP contribution in [0.25, 0.3) is 11.3 Å². The molecule has 0 aliphatic rings. The summed E-state index contributed by atoms with van der Waals surface area (Å²) in [4.78, 5) is 11.4. The molecule has 2 rings (SSSR count). The summed E-state index contributed by atoms with van der Waals surface area (Å²) in [7, 11) is 0. The Bertz CT molecular complexity index is 679. The highest BCUT2D eigenvalue weighted by Gasteiger charge is 2.21. The van der Waals surface area contributed by atoms with Crippen LogP contribution in [0.5, 0.6) is 5.75 Å². The van der Waals surface area contributed by atoms with Gasteiger partial charge in [-0.05, 0) is 31.0 Å². The zero-order valence-corrected chi connectivity index (χ0v) is 12.9. The number of carbonyl (C=O) groups is 1. The fourth-order valence-electron chi connectivity index (χ4n) is 2.20. The Morgan fingerprint density at radius 1 is 1.45 bits per heavy atom. The average Bonchev–Trinajstić information content (AvgIpc) is 2.84. The molecule has 1 heterocycles. The van der Waals surface area contributed by atoms with Crippen molar-refractivity contribution < 1.29 is 14.6 Å². The lowest BCUT2D eigenvalue weighted by atomic mass is 10.1. The minimum absolute atomic E-state index is 0.0794. The third-order valence-corrected chi connectivity index (χ3v) is 3.06. The van der Waals surface area contributed by atoms with Gasteiger partial charge < -0.3 is 15.6 Å². The van der Waals surface area contributed by atoms with E-state index in [-0.39, 0.29) is 5.69 Å². The molecule has 22 heavy (non-hydrogen) atoms. The number of nitrogens with two attached hydrogens (primary N) is 1. The molecule has 0 unspecified atom stereocenters. The van der Waals surface area contributed by atoms with Crippen LogP contribution in [0.15, 0.2) is 18.2 Å². The van der Waals surface area contributed by atoms with Crippen molar-refractivity contribution in [3.8, 4) is 17.0 Å². The summed E-state index contributed by atoms with van der Waals surface area (Å²) in [6.45, 7) is 7.01. The van der Waals surface area contributed by atoms with E-state index >= 15 is 0 Å². The minimum Gasteiger partial charge on any atom is -0.492 e. The molecule has 0 saturated carbocycles. The minimum atomic E-state index is -1.11. The first-order chi connectivity index (χ1) is 10.4. The Morgan fingerprint density at radius 2 is 2.18 bits per heavy atom. The van der Waals surface area contributed by atoms with E-state index in [9.17, 15) is 9.90 Å². The first kappa shape index (κ1) is 15.8. The number of carboxylic acid groups (broad SMARTS) is 1. The van der Waals surface area contributed by atoms with Crippen molar-refractivity contribution in [1.29, 1.82) is 0 Å². The molecule has 1 aromatic heterocycles. The van der Waals surface area contributed by atoms with Crippen molar-refractivity contribution in [2.24, 2.45) is 5.92 Å². The van der Waals surface area contributed by atoms with Gasteiger partial charge in [0.1, 0.15) is 11.4 Å². The van der Waals surface area contributed by atoms with Crippen molar-refractivity contribution in [1.82, 2.24) is 15.0 Å². The van der Waals surface area contributed by atoms with Crippen LogP contribution in [0.1, 0.15) is 31.3 Å². The Hall–Kier alpha value is -2.57. The summed E-state index contributed by atoms with van der Waals surface area (Å²) in [5.41, 5.74) is 7.45. The van der Waals surface area contributed by atoms with Gasteiger partial charge in [0, 0.05) is 12.1 Å². The van der Waals surface area contributed by atoms with Crippen LogP contribution in [0.2, 0.25) is 0 Å². The molecule has 1 aromatic carbocycles. The quantitative estimate of drug-likeness (QED) is 0.793. The van der Waals surface area contributed by atoms with Crippen LogP contribution in [0.4, 0.5) is 5.69 Å². The molecule has 0 saturated heterocycles. The van der Waals surface area contributed by atoms with E-state index in [2.05, 4.69) is 10.3 Å². The predicted octanol–water partition coefficient (Wildman–Crippen LogP) is 2.28. The maximum atomic E-state index is 11.4. The predicted molar refractivity (Wildman–Crippen MR) is 82.8 cm³/mol. The fraction of sp³-hybridized carbons (Fsp3) is 0.400. The number of anilines is 1. The molecule has 118 valence electrons. The molecule has 2 aromatic rings. The van der Waals surface area contributed by atoms with Gasteiger partial charge in [0.25, 0.3) is 0 Å². The third-order valence-electron chi connectivity index (χ3n) is 3.06. The summed E-state index contributed by atoms with van der Waals surface area (Å²) in [6, 6.07) is 5.18. The number of nitrogen functional groups attached to an aromatic ring is 1. The second-order valence-corrected chi connectivity index (χ2v) is 5.35. The highest BCUT2D eigenvalue weighted by molar-refractivity contribution is 5.93. The lowest BCUT2D eigenvalue weighted by Crippen LogP contribution is -2.09. The molecule has 0 atom stereocenters. The molecule has 0 amide bonds. The molecule has 7 heteroatoms. The van der Waals surface area contributed by atoms with E-state index in [4.69, 9.17) is 10.5 Å². The van der Waals surface area contributed by atoms with E-state index < -0.39 is 5.97 Å². The highest BCUT2D eigenvalue weighted by Crippen LogP contribution is 2.30. The summed E-state index contributed by atoms with van der Waals surface area (Å²) in [6.07, 6.45) is 0. The molecule has 0 bridgehead atoms. The van der Waals surface area contributed by atoms with Crippen LogP contribution >= 0.6 is 0 Å². The molecule has 0 aliphatic carbocycles. The summed E-state index contributed by atoms with van der Waals surface area (Å²) >= 11 is 0. The standard InChI is InChI=1S/C15H20N4O3/c1-4-22-12-6-5-10(7-11(12)16)14-13(15(20)21)17-18-19(14)8-9(2)3/h5-7,9H,4,8,16H2,1-3H3,(H,20,21). The second kappa shape index (κ2) is 6.46. The van der Waals surface area contributed by atoms with Gasteiger partial charge in [-0.2, -0.15) is 0 Å². The number of aromatic nitrogens is 3.